The molecule has 0 atom stereocenters. The first kappa shape index (κ1) is 13.5. The number of benzene rings is 1. The minimum absolute atomic E-state index is 0.183. The Morgan fingerprint density at radius 2 is 1.84 bits per heavy atom. The average Bonchev–Trinajstić information content (AvgIpc) is 2.56. The van der Waals surface area contributed by atoms with Gasteiger partial charge < -0.3 is 5.73 Å². The van der Waals surface area contributed by atoms with Crippen molar-refractivity contribution in [3.63, 3.8) is 0 Å². The number of H-pyrrole nitrogens is 1. The highest BCUT2D eigenvalue weighted by Gasteiger charge is 2.23. The molecule has 0 aliphatic heterocycles. The highest BCUT2D eigenvalue weighted by atomic mass is 16.1. The van der Waals surface area contributed by atoms with Gasteiger partial charge in [0.05, 0.1) is 11.4 Å². The van der Waals surface area contributed by atoms with Crippen molar-refractivity contribution in [2.45, 2.75) is 40.0 Å². The van der Waals surface area contributed by atoms with Gasteiger partial charge >= 0.3 is 0 Å². The van der Waals surface area contributed by atoms with Gasteiger partial charge in [-0.05, 0) is 25.5 Å². The minimum atomic E-state index is -0.187. The Balaban J connectivity index is 2.68. The van der Waals surface area contributed by atoms with E-state index in [2.05, 4.69) is 11.2 Å². The summed E-state index contributed by atoms with van der Waals surface area (Å²) in [5.41, 5.74) is 9.71. The summed E-state index contributed by atoms with van der Waals surface area (Å²) in [6, 6.07) is 5.98. The van der Waals surface area contributed by atoms with E-state index in [4.69, 9.17) is 5.73 Å². The molecule has 0 fully saturated rings. The molecular formula is C15H21N3O. The van der Waals surface area contributed by atoms with Crippen LogP contribution in [0.15, 0.2) is 23.0 Å². The summed E-state index contributed by atoms with van der Waals surface area (Å²) >= 11 is 0. The van der Waals surface area contributed by atoms with Crippen LogP contribution in [0, 0.1) is 13.8 Å². The number of aromatic nitrogens is 2. The van der Waals surface area contributed by atoms with Gasteiger partial charge in [0, 0.05) is 5.41 Å². The van der Waals surface area contributed by atoms with Crippen molar-refractivity contribution < 1.29 is 0 Å². The van der Waals surface area contributed by atoms with Gasteiger partial charge in [0.2, 0.25) is 0 Å². The predicted molar refractivity (Wildman–Crippen MR) is 79.0 cm³/mol. The summed E-state index contributed by atoms with van der Waals surface area (Å²) in [6.45, 7) is 10.1. The molecule has 102 valence electrons. The number of nitrogens with zero attached hydrogens (tertiary/aromatic N) is 1. The fraction of sp³-hybridized carbons (Fsp3) is 0.400. The van der Waals surface area contributed by atoms with Crippen LogP contribution in [0.3, 0.4) is 0 Å². The lowest BCUT2D eigenvalue weighted by molar-refractivity contribution is 0.561. The Morgan fingerprint density at radius 1 is 1.21 bits per heavy atom. The topological polar surface area (TPSA) is 63.8 Å². The first-order valence-electron chi connectivity index (χ1n) is 6.40. The molecule has 0 bridgehead atoms. The molecule has 0 radical (unpaired) electrons. The standard InChI is InChI=1S/C15H21N3O/c1-9-6-7-11(10(2)8-9)18-14(19)12(16)13(17-18)15(3,4)5/h6-8,17H,16H2,1-5H3. The van der Waals surface area contributed by atoms with Crippen LogP contribution in [0.25, 0.3) is 5.69 Å². The highest BCUT2D eigenvalue weighted by Crippen LogP contribution is 2.25. The fourth-order valence-electron chi connectivity index (χ4n) is 2.25. The molecule has 0 amide bonds. The maximum absolute atomic E-state index is 12.3. The van der Waals surface area contributed by atoms with E-state index in [1.807, 2.05) is 46.8 Å². The van der Waals surface area contributed by atoms with Gasteiger partial charge in [-0.2, -0.15) is 0 Å². The predicted octanol–water partition coefficient (Wildman–Crippen LogP) is 2.66. The number of nitrogen functional groups attached to an aromatic ring is 1. The second-order valence-corrected chi connectivity index (χ2v) is 6.08. The number of hydrogen-bond acceptors (Lipinski definition) is 2. The van der Waals surface area contributed by atoms with E-state index >= 15 is 0 Å². The van der Waals surface area contributed by atoms with Crippen LogP contribution in [-0.2, 0) is 5.41 Å². The molecule has 0 aliphatic rings. The monoisotopic (exact) mass is 259 g/mol. The van der Waals surface area contributed by atoms with Crippen molar-refractivity contribution in [3.8, 4) is 5.69 Å². The molecule has 19 heavy (non-hydrogen) atoms. The fourth-order valence-corrected chi connectivity index (χ4v) is 2.25. The van der Waals surface area contributed by atoms with Crippen LogP contribution in [0.1, 0.15) is 37.6 Å². The van der Waals surface area contributed by atoms with Gasteiger partial charge in [-0.15, -0.1) is 0 Å². The molecular weight excluding hydrogens is 238 g/mol. The summed E-state index contributed by atoms with van der Waals surface area (Å²) in [6.07, 6.45) is 0. The molecule has 1 aromatic heterocycles. The second kappa shape index (κ2) is 4.30. The molecule has 4 nitrogen and oxygen atoms in total. The van der Waals surface area contributed by atoms with E-state index in [0.717, 1.165) is 16.9 Å². The third kappa shape index (κ3) is 2.30. The first-order chi connectivity index (χ1) is 8.71. The average molecular weight is 259 g/mol. The Kier molecular flexibility index (Phi) is 3.04. The van der Waals surface area contributed by atoms with Crippen molar-refractivity contribution in [1.29, 1.82) is 0 Å². The first-order valence-corrected chi connectivity index (χ1v) is 6.40. The normalized spacial score (nSPS) is 11.8. The second-order valence-electron chi connectivity index (χ2n) is 6.08. The third-order valence-electron chi connectivity index (χ3n) is 3.27. The van der Waals surface area contributed by atoms with Crippen LogP contribution in [0.4, 0.5) is 5.69 Å². The van der Waals surface area contributed by atoms with Crippen molar-refractivity contribution >= 4 is 5.69 Å². The van der Waals surface area contributed by atoms with Crippen LogP contribution < -0.4 is 11.3 Å². The van der Waals surface area contributed by atoms with Gasteiger partial charge in [0.15, 0.2) is 0 Å². The maximum Gasteiger partial charge on any atom is 0.294 e. The molecule has 0 aliphatic carbocycles. The Morgan fingerprint density at radius 3 is 2.32 bits per heavy atom. The quantitative estimate of drug-likeness (QED) is 0.827. The molecule has 0 saturated heterocycles. The van der Waals surface area contributed by atoms with E-state index in [1.165, 1.54) is 10.2 Å². The summed E-state index contributed by atoms with van der Waals surface area (Å²) in [5, 5.41) is 3.15. The van der Waals surface area contributed by atoms with Gasteiger partial charge in [-0.25, -0.2) is 4.68 Å². The molecule has 0 spiro atoms. The number of nitrogens with one attached hydrogen (secondary N) is 1. The number of anilines is 1. The molecule has 1 heterocycles. The Bertz CT molecular complexity index is 672. The van der Waals surface area contributed by atoms with Crippen molar-refractivity contribution in [2.24, 2.45) is 0 Å². The minimum Gasteiger partial charge on any atom is -0.393 e. The van der Waals surface area contributed by atoms with Crippen LogP contribution >= 0.6 is 0 Å². The van der Waals surface area contributed by atoms with E-state index in [1.54, 1.807) is 0 Å². The molecule has 3 N–H and O–H groups in total. The maximum atomic E-state index is 12.3. The van der Waals surface area contributed by atoms with Gasteiger partial charge in [-0.1, -0.05) is 38.5 Å². The summed E-state index contributed by atoms with van der Waals surface area (Å²) < 4.78 is 1.53. The van der Waals surface area contributed by atoms with E-state index in [0.29, 0.717) is 5.69 Å². The van der Waals surface area contributed by atoms with Crippen molar-refractivity contribution in [3.05, 3.63) is 45.4 Å². The molecule has 4 heteroatoms. The number of aromatic amines is 1. The number of aryl methyl sites for hydroxylation is 2. The zero-order chi connectivity index (χ0) is 14.4. The van der Waals surface area contributed by atoms with Gasteiger partial charge in [-0.3, -0.25) is 9.89 Å². The number of hydrogen-bond donors (Lipinski definition) is 2. The number of rotatable bonds is 1. The van der Waals surface area contributed by atoms with Crippen LogP contribution in [-0.4, -0.2) is 9.78 Å². The van der Waals surface area contributed by atoms with Gasteiger partial charge in [0.25, 0.3) is 5.56 Å². The zero-order valence-corrected chi connectivity index (χ0v) is 12.2. The van der Waals surface area contributed by atoms with Crippen LogP contribution in [0.5, 0.6) is 0 Å². The Labute approximate surface area is 113 Å². The van der Waals surface area contributed by atoms with E-state index in [9.17, 15) is 4.79 Å². The third-order valence-corrected chi connectivity index (χ3v) is 3.27. The largest absolute Gasteiger partial charge is 0.393 e. The SMILES string of the molecule is Cc1ccc(-n2[nH]c(C(C)(C)C)c(N)c2=O)c(C)c1. The Hall–Kier alpha value is -1.97. The number of nitrogens with two attached hydrogens (primary N) is 1. The molecule has 2 aromatic rings. The summed E-state index contributed by atoms with van der Waals surface area (Å²) in [4.78, 5) is 12.3. The van der Waals surface area contributed by atoms with E-state index in [-0.39, 0.29) is 11.0 Å². The molecule has 0 unspecified atom stereocenters. The summed E-state index contributed by atoms with van der Waals surface area (Å²) in [5.74, 6) is 0. The summed E-state index contributed by atoms with van der Waals surface area (Å²) in [7, 11) is 0. The smallest absolute Gasteiger partial charge is 0.294 e. The lowest BCUT2D eigenvalue weighted by Crippen LogP contribution is -2.17. The molecule has 0 saturated carbocycles. The zero-order valence-electron chi connectivity index (χ0n) is 12.2. The van der Waals surface area contributed by atoms with Crippen LogP contribution in [0.2, 0.25) is 0 Å². The lowest BCUT2D eigenvalue weighted by atomic mass is 9.91. The molecule has 1 aromatic carbocycles. The van der Waals surface area contributed by atoms with Gasteiger partial charge in [0.1, 0.15) is 5.69 Å². The van der Waals surface area contributed by atoms with Crippen molar-refractivity contribution in [1.82, 2.24) is 9.78 Å². The van der Waals surface area contributed by atoms with Crippen molar-refractivity contribution in [2.75, 3.05) is 5.73 Å². The highest BCUT2D eigenvalue weighted by molar-refractivity contribution is 5.49. The van der Waals surface area contributed by atoms with E-state index < -0.39 is 0 Å². The lowest BCUT2D eigenvalue weighted by Gasteiger charge is -2.17. The molecule has 2 rings (SSSR count).